The molecule has 158 valence electrons. The summed E-state index contributed by atoms with van der Waals surface area (Å²) >= 11 is 0. The highest BCUT2D eigenvalue weighted by Gasteiger charge is 2.37. The van der Waals surface area contributed by atoms with Gasteiger partial charge in [-0.25, -0.2) is 9.78 Å². The number of amides is 2. The SMILES string of the molecule is CCNC1(c2ccccc2)CCC(CN(C(N)=O)c2cnc(C#N)nc2OC)CC1. The molecule has 30 heavy (non-hydrogen) atoms. The van der Waals surface area contributed by atoms with Crippen LogP contribution in [0.3, 0.4) is 0 Å². The van der Waals surface area contributed by atoms with Crippen LogP contribution in [0.25, 0.3) is 0 Å². The van der Waals surface area contributed by atoms with Crippen LogP contribution in [0.5, 0.6) is 5.88 Å². The number of carbonyl (C=O) groups is 1. The van der Waals surface area contributed by atoms with Gasteiger partial charge in [-0.05, 0) is 43.7 Å². The van der Waals surface area contributed by atoms with Gasteiger partial charge in [0.05, 0.1) is 13.3 Å². The fourth-order valence-electron chi connectivity index (χ4n) is 4.33. The van der Waals surface area contributed by atoms with E-state index in [0.717, 1.165) is 32.2 Å². The third-order valence-corrected chi connectivity index (χ3v) is 5.83. The van der Waals surface area contributed by atoms with E-state index >= 15 is 0 Å². The molecule has 0 saturated heterocycles. The van der Waals surface area contributed by atoms with Crippen LogP contribution in [0.2, 0.25) is 0 Å². The maximum absolute atomic E-state index is 12.2. The highest BCUT2D eigenvalue weighted by molar-refractivity contribution is 5.91. The highest BCUT2D eigenvalue weighted by atomic mass is 16.5. The van der Waals surface area contributed by atoms with E-state index in [4.69, 9.17) is 15.7 Å². The molecule has 1 aliphatic rings. The van der Waals surface area contributed by atoms with Gasteiger partial charge >= 0.3 is 6.03 Å². The molecule has 8 nitrogen and oxygen atoms in total. The number of nitrogens with zero attached hydrogens (tertiary/aromatic N) is 4. The molecule has 2 amide bonds. The number of ether oxygens (including phenoxy) is 1. The Morgan fingerprint density at radius 2 is 2.07 bits per heavy atom. The van der Waals surface area contributed by atoms with Crippen molar-refractivity contribution in [3.8, 4) is 11.9 Å². The maximum Gasteiger partial charge on any atom is 0.319 e. The second-order valence-electron chi connectivity index (χ2n) is 7.57. The minimum Gasteiger partial charge on any atom is -0.479 e. The first kappa shape index (κ1) is 21.5. The predicted molar refractivity (Wildman–Crippen MR) is 114 cm³/mol. The van der Waals surface area contributed by atoms with Crippen molar-refractivity contribution in [1.29, 1.82) is 5.26 Å². The van der Waals surface area contributed by atoms with Crippen molar-refractivity contribution in [3.63, 3.8) is 0 Å². The summed E-state index contributed by atoms with van der Waals surface area (Å²) < 4.78 is 5.27. The number of primary amides is 1. The molecule has 0 aliphatic heterocycles. The Kier molecular flexibility index (Phi) is 6.85. The molecule has 1 fully saturated rings. The van der Waals surface area contributed by atoms with E-state index in [1.54, 1.807) is 0 Å². The molecule has 0 spiro atoms. The zero-order valence-electron chi connectivity index (χ0n) is 17.5. The summed E-state index contributed by atoms with van der Waals surface area (Å²) in [6, 6.07) is 11.8. The fourth-order valence-corrected chi connectivity index (χ4v) is 4.33. The number of nitriles is 1. The summed E-state index contributed by atoms with van der Waals surface area (Å²) in [6.45, 7) is 3.48. The average Bonchev–Trinajstić information content (AvgIpc) is 2.78. The summed E-state index contributed by atoms with van der Waals surface area (Å²) in [6.07, 6.45) is 5.27. The zero-order valence-corrected chi connectivity index (χ0v) is 17.5. The van der Waals surface area contributed by atoms with E-state index in [1.165, 1.54) is 23.8 Å². The topological polar surface area (TPSA) is 117 Å². The third-order valence-electron chi connectivity index (χ3n) is 5.83. The van der Waals surface area contributed by atoms with Crippen LogP contribution in [0.1, 0.15) is 44.0 Å². The molecule has 8 heteroatoms. The number of hydrogen-bond acceptors (Lipinski definition) is 6. The molecule has 1 saturated carbocycles. The summed E-state index contributed by atoms with van der Waals surface area (Å²) in [5, 5.41) is 12.7. The van der Waals surface area contributed by atoms with Crippen molar-refractivity contribution in [2.24, 2.45) is 11.7 Å². The lowest BCUT2D eigenvalue weighted by Crippen LogP contribution is -2.47. The van der Waals surface area contributed by atoms with Crippen molar-refractivity contribution >= 4 is 11.7 Å². The van der Waals surface area contributed by atoms with Crippen LogP contribution in [-0.2, 0) is 5.54 Å². The van der Waals surface area contributed by atoms with Gasteiger partial charge in [-0.2, -0.15) is 10.2 Å². The number of anilines is 1. The minimum absolute atomic E-state index is 0.0176. The molecule has 0 atom stereocenters. The van der Waals surface area contributed by atoms with Gasteiger partial charge in [0, 0.05) is 12.1 Å². The Bertz CT molecular complexity index is 904. The van der Waals surface area contributed by atoms with Crippen LogP contribution >= 0.6 is 0 Å². The van der Waals surface area contributed by atoms with Crippen molar-refractivity contribution in [3.05, 3.63) is 47.9 Å². The molecule has 1 aromatic carbocycles. The number of nitrogens with two attached hydrogens (primary N) is 1. The Morgan fingerprint density at radius 1 is 1.37 bits per heavy atom. The number of carbonyl (C=O) groups excluding carboxylic acids is 1. The molecule has 1 heterocycles. The van der Waals surface area contributed by atoms with Crippen molar-refractivity contribution < 1.29 is 9.53 Å². The lowest BCUT2D eigenvalue weighted by Gasteiger charge is -2.42. The summed E-state index contributed by atoms with van der Waals surface area (Å²) in [7, 11) is 1.44. The van der Waals surface area contributed by atoms with Gasteiger partial charge in [0.25, 0.3) is 0 Å². The van der Waals surface area contributed by atoms with E-state index in [1.807, 2.05) is 12.1 Å². The van der Waals surface area contributed by atoms with Gasteiger partial charge in [0.1, 0.15) is 11.8 Å². The Hall–Kier alpha value is -3.18. The number of rotatable bonds is 7. The first-order valence-electron chi connectivity index (χ1n) is 10.2. The standard InChI is InChI=1S/C22H28N6O2/c1-3-26-22(17-7-5-4-6-8-17)11-9-16(10-12-22)15-28(21(24)29)18-14-25-19(13-23)27-20(18)30-2/h4-8,14,16,26H,3,9-12,15H2,1-2H3,(H2,24,29). The zero-order chi connectivity index (χ0) is 21.6. The molecular formula is C22H28N6O2. The smallest absolute Gasteiger partial charge is 0.319 e. The Labute approximate surface area is 177 Å². The normalized spacial score (nSPS) is 20.9. The number of benzene rings is 1. The monoisotopic (exact) mass is 408 g/mol. The van der Waals surface area contributed by atoms with Crippen molar-refractivity contribution in [2.75, 3.05) is 25.1 Å². The molecule has 1 aromatic heterocycles. The summed E-state index contributed by atoms with van der Waals surface area (Å²) in [5.74, 6) is 0.437. The molecule has 3 rings (SSSR count). The quantitative estimate of drug-likeness (QED) is 0.727. The van der Waals surface area contributed by atoms with Crippen LogP contribution in [0.4, 0.5) is 10.5 Å². The van der Waals surface area contributed by atoms with Gasteiger partial charge in [-0.1, -0.05) is 37.3 Å². The lowest BCUT2D eigenvalue weighted by atomic mass is 9.72. The largest absolute Gasteiger partial charge is 0.479 e. The van der Waals surface area contributed by atoms with Crippen LogP contribution in [-0.4, -0.2) is 36.2 Å². The summed E-state index contributed by atoms with van der Waals surface area (Å²) in [5.41, 5.74) is 7.32. The van der Waals surface area contributed by atoms with Crippen molar-refractivity contribution in [1.82, 2.24) is 15.3 Å². The molecule has 0 bridgehead atoms. The highest BCUT2D eigenvalue weighted by Crippen LogP contribution is 2.40. The second-order valence-corrected chi connectivity index (χ2v) is 7.57. The molecule has 0 unspecified atom stereocenters. The van der Waals surface area contributed by atoms with E-state index in [9.17, 15) is 4.79 Å². The van der Waals surface area contributed by atoms with Gasteiger partial charge < -0.3 is 15.8 Å². The van der Waals surface area contributed by atoms with Crippen molar-refractivity contribution in [2.45, 2.75) is 38.1 Å². The molecular weight excluding hydrogens is 380 g/mol. The summed E-state index contributed by atoms with van der Waals surface area (Å²) in [4.78, 5) is 21.7. The average molecular weight is 409 g/mol. The number of aromatic nitrogens is 2. The molecule has 3 N–H and O–H groups in total. The first-order chi connectivity index (χ1) is 14.5. The van der Waals surface area contributed by atoms with E-state index in [0.29, 0.717) is 12.2 Å². The first-order valence-corrected chi connectivity index (χ1v) is 10.2. The fraction of sp³-hybridized carbons (Fsp3) is 0.455. The van der Waals surface area contributed by atoms with E-state index < -0.39 is 6.03 Å². The Morgan fingerprint density at radius 3 is 2.63 bits per heavy atom. The van der Waals surface area contributed by atoms with Gasteiger partial charge in [0.15, 0.2) is 0 Å². The van der Waals surface area contributed by atoms with Crippen LogP contribution in [0, 0.1) is 17.2 Å². The number of methoxy groups -OCH3 is 1. The molecule has 1 aliphatic carbocycles. The Balaban J connectivity index is 1.76. The van der Waals surface area contributed by atoms with Crippen LogP contribution in [0.15, 0.2) is 36.5 Å². The maximum atomic E-state index is 12.2. The minimum atomic E-state index is -0.590. The lowest BCUT2D eigenvalue weighted by molar-refractivity contribution is 0.192. The van der Waals surface area contributed by atoms with Gasteiger partial charge in [-0.3, -0.25) is 4.90 Å². The van der Waals surface area contributed by atoms with Gasteiger partial charge in [-0.15, -0.1) is 0 Å². The van der Waals surface area contributed by atoms with Crippen LogP contribution < -0.4 is 20.7 Å². The van der Waals surface area contributed by atoms with Gasteiger partial charge in [0.2, 0.25) is 11.7 Å². The number of urea groups is 1. The molecule has 0 radical (unpaired) electrons. The number of hydrogen-bond donors (Lipinski definition) is 2. The third kappa shape index (κ3) is 4.52. The van der Waals surface area contributed by atoms with E-state index in [-0.39, 0.29) is 23.2 Å². The second kappa shape index (κ2) is 9.55. The molecule has 2 aromatic rings. The predicted octanol–water partition coefficient (Wildman–Crippen LogP) is 2.94. The number of nitrogens with one attached hydrogen (secondary N) is 1. The van der Waals surface area contributed by atoms with E-state index in [2.05, 4.69) is 46.5 Å².